The first-order valence-electron chi connectivity index (χ1n) is 5.98. The first-order chi connectivity index (χ1) is 9.04. The standard InChI is InChI=1S/C15H15F2NO/c1-10(18)12-2-4-15(5-3-12)19-9-11-6-13(16)8-14(17)7-11/h2-8,10H,9,18H2,1H3/t10-/m1/s1. The summed E-state index contributed by atoms with van der Waals surface area (Å²) in [5.41, 5.74) is 7.19. The van der Waals surface area contributed by atoms with Crippen LogP contribution in [0.4, 0.5) is 8.78 Å². The third-order valence-electron chi connectivity index (χ3n) is 2.73. The molecule has 0 aliphatic heterocycles. The fourth-order valence-electron chi connectivity index (χ4n) is 1.73. The van der Waals surface area contributed by atoms with Crippen molar-refractivity contribution in [1.82, 2.24) is 0 Å². The zero-order valence-electron chi connectivity index (χ0n) is 10.6. The van der Waals surface area contributed by atoms with Gasteiger partial charge in [-0.2, -0.15) is 0 Å². The molecule has 0 aliphatic rings. The van der Waals surface area contributed by atoms with E-state index >= 15 is 0 Å². The number of halogens is 2. The Kier molecular flexibility index (Phi) is 4.12. The second-order valence-electron chi connectivity index (χ2n) is 4.42. The summed E-state index contributed by atoms with van der Waals surface area (Å²) in [7, 11) is 0. The molecule has 0 saturated heterocycles. The summed E-state index contributed by atoms with van der Waals surface area (Å²) in [6.45, 7) is 2.01. The molecular weight excluding hydrogens is 248 g/mol. The van der Waals surface area contributed by atoms with Crippen molar-refractivity contribution in [3.8, 4) is 5.75 Å². The van der Waals surface area contributed by atoms with Crippen LogP contribution in [0.15, 0.2) is 42.5 Å². The molecule has 2 nitrogen and oxygen atoms in total. The van der Waals surface area contributed by atoms with Crippen LogP contribution in [0.25, 0.3) is 0 Å². The number of hydrogen-bond donors (Lipinski definition) is 1. The van der Waals surface area contributed by atoms with E-state index in [0.717, 1.165) is 11.6 Å². The highest BCUT2D eigenvalue weighted by Gasteiger charge is 2.03. The van der Waals surface area contributed by atoms with Crippen molar-refractivity contribution in [3.63, 3.8) is 0 Å². The van der Waals surface area contributed by atoms with E-state index in [1.807, 2.05) is 19.1 Å². The van der Waals surface area contributed by atoms with E-state index in [4.69, 9.17) is 10.5 Å². The quantitative estimate of drug-likeness (QED) is 0.915. The Morgan fingerprint density at radius 1 is 1.05 bits per heavy atom. The lowest BCUT2D eigenvalue weighted by atomic mass is 10.1. The Morgan fingerprint density at radius 2 is 1.63 bits per heavy atom. The summed E-state index contributed by atoms with van der Waals surface area (Å²) in [5.74, 6) is -0.578. The lowest BCUT2D eigenvalue weighted by molar-refractivity contribution is 0.304. The van der Waals surface area contributed by atoms with Gasteiger partial charge in [0.1, 0.15) is 24.0 Å². The summed E-state index contributed by atoms with van der Waals surface area (Å²) in [6.07, 6.45) is 0. The van der Waals surface area contributed by atoms with Gasteiger partial charge in [0, 0.05) is 12.1 Å². The molecule has 0 unspecified atom stereocenters. The smallest absolute Gasteiger partial charge is 0.126 e. The van der Waals surface area contributed by atoms with Crippen LogP contribution in [0.2, 0.25) is 0 Å². The van der Waals surface area contributed by atoms with Crippen molar-refractivity contribution in [3.05, 3.63) is 65.2 Å². The molecule has 100 valence electrons. The molecule has 0 amide bonds. The first-order valence-corrected chi connectivity index (χ1v) is 5.98. The summed E-state index contributed by atoms with van der Waals surface area (Å²) in [6, 6.07) is 10.6. The molecule has 2 rings (SSSR count). The van der Waals surface area contributed by atoms with Crippen LogP contribution in [-0.4, -0.2) is 0 Å². The fraction of sp³-hybridized carbons (Fsp3) is 0.200. The molecule has 2 aromatic carbocycles. The lowest BCUT2D eigenvalue weighted by Gasteiger charge is -2.09. The third-order valence-corrected chi connectivity index (χ3v) is 2.73. The second kappa shape index (κ2) is 5.80. The number of benzene rings is 2. The molecular formula is C15H15F2NO. The minimum atomic E-state index is -0.606. The van der Waals surface area contributed by atoms with Gasteiger partial charge in [0.25, 0.3) is 0 Å². The van der Waals surface area contributed by atoms with Crippen LogP contribution in [0.3, 0.4) is 0 Å². The maximum absolute atomic E-state index is 13.0. The largest absolute Gasteiger partial charge is 0.489 e. The Morgan fingerprint density at radius 3 is 2.16 bits per heavy atom. The molecule has 19 heavy (non-hydrogen) atoms. The summed E-state index contributed by atoms with van der Waals surface area (Å²) < 4.78 is 31.4. The molecule has 2 N–H and O–H groups in total. The highest BCUT2D eigenvalue weighted by molar-refractivity contribution is 5.29. The van der Waals surface area contributed by atoms with Crippen molar-refractivity contribution < 1.29 is 13.5 Å². The molecule has 0 aromatic heterocycles. The van der Waals surface area contributed by atoms with Crippen LogP contribution in [0.5, 0.6) is 5.75 Å². The van der Waals surface area contributed by atoms with Crippen LogP contribution < -0.4 is 10.5 Å². The van der Waals surface area contributed by atoms with Gasteiger partial charge in [-0.15, -0.1) is 0 Å². The van der Waals surface area contributed by atoms with E-state index in [-0.39, 0.29) is 12.6 Å². The van der Waals surface area contributed by atoms with Crippen LogP contribution >= 0.6 is 0 Å². The van der Waals surface area contributed by atoms with E-state index in [1.54, 1.807) is 12.1 Å². The molecule has 2 aromatic rings. The summed E-state index contributed by atoms with van der Waals surface area (Å²) >= 11 is 0. The molecule has 1 atom stereocenters. The molecule has 0 spiro atoms. The average Bonchev–Trinajstić information content (AvgIpc) is 2.36. The fourth-order valence-corrected chi connectivity index (χ4v) is 1.73. The topological polar surface area (TPSA) is 35.2 Å². The Labute approximate surface area is 110 Å². The zero-order chi connectivity index (χ0) is 13.8. The Bertz CT molecular complexity index is 532. The number of rotatable bonds is 4. The third kappa shape index (κ3) is 3.76. The second-order valence-corrected chi connectivity index (χ2v) is 4.42. The zero-order valence-corrected chi connectivity index (χ0v) is 10.6. The predicted octanol–water partition coefficient (Wildman–Crippen LogP) is 3.56. The highest BCUT2D eigenvalue weighted by Crippen LogP contribution is 2.18. The van der Waals surface area contributed by atoms with Gasteiger partial charge in [-0.3, -0.25) is 0 Å². The van der Waals surface area contributed by atoms with Gasteiger partial charge >= 0.3 is 0 Å². The van der Waals surface area contributed by atoms with Crippen molar-refractivity contribution in [2.24, 2.45) is 5.73 Å². The molecule has 0 fully saturated rings. The monoisotopic (exact) mass is 263 g/mol. The molecule has 0 heterocycles. The SMILES string of the molecule is C[C@@H](N)c1ccc(OCc2cc(F)cc(F)c2)cc1. The molecule has 4 heteroatoms. The number of nitrogens with two attached hydrogens (primary N) is 1. The first kappa shape index (κ1) is 13.5. The van der Waals surface area contributed by atoms with E-state index in [0.29, 0.717) is 11.3 Å². The van der Waals surface area contributed by atoms with Crippen LogP contribution in [0, 0.1) is 11.6 Å². The normalized spacial score (nSPS) is 12.2. The molecule has 0 saturated carbocycles. The molecule has 0 bridgehead atoms. The van der Waals surface area contributed by atoms with Crippen molar-refractivity contribution >= 4 is 0 Å². The van der Waals surface area contributed by atoms with E-state index in [1.165, 1.54) is 12.1 Å². The number of ether oxygens (including phenoxy) is 1. The van der Waals surface area contributed by atoms with Crippen LogP contribution in [-0.2, 0) is 6.61 Å². The average molecular weight is 263 g/mol. The summed E-state index contributed by atoms with van der Waals surface area (Å²) in [5, 5.41) is 0. The lowest BCUT2D eigenvalue weighted by Crippen LogP contribution is -2.04. The van der Waals surface area contributed by atoms with Gasteiger partial charge in [-0.25, -0.2) is 8.78 Å². The van der Waals surface area contributed by atoms with Crippen LogP contribution in [0.1, 0.15) is 24.1 Å². The van der Waals surface area contributed by atoms with Gasteiger partial charge in [0.05, 0.1) is 0 Å². The van der Waals surface area contributed by atoms with E-state index < -0.39 is 11.6 Å². The van der Waals surface area contributed by atoms with E-state index in [2.05, 4.69) is 0 Å². The van der Waals surface area contributed by atoms with Gasteiger partial charge in [-0.1, -0.05) is 12.1 Å². The van der Waals surface area contributed by atoms with Crippen molar-refractivity contribution in [2.75, 3.05) is 0 Å². The van der Waals surface area contributed by atoms with E-state index in [9.17, 15) is 8.78 Å². The minimum Gasteiger partial charge on any atom is -0.489 e. The number of hydrogen-bond acceptors (Lipinski definition) is 2. The predicted molar refractivity (Wildman–Crippen MR) is 69.7 cm³/mol. The van der Waals surface area contributed by atoms with Gasteiger partial charge in [-0.05, 0) is 42.3 Å². The maximum Gasteiger partial charge on any atom is 0.126 e. The van der Waals surface area contributed by atoms with Gasteiger partial charge < -0.3 is 10.5 Å². The van der Waals surface area contributed by atoms with Gasteiger partial charge in [0.15, 0.2) is 0 Å². The molecule has 0 radical (unpaired) electrons. The summed E-state index contributed by atoms with van der Waals surface area (Å²) in [4.78, 5) is 0. The van der Waals surface area contributed by atoms with Crippen molar-refractivity contribution in [1.29, 1.82) is 0 Å². The van der Waals surface area contributed by atoms with Crippen molar-refractivity contribution in [2.45, 2.75) is 19.6 Å². The maximum atomic E-state index is 13.0. The van der Waals surface area contributed by atoms with Gasteiger partial charge in [0.2, 0.25) is 0 Å². The molecule has 0 aliphatic carbocycles. The Hall–Kier alpha value is -1.94. The highest BCUT2D eigenvalue weighted by atomic mass is 19.1. The Balaban J connectivity index is 2.02. The minimum absolute atomic E-state index is 0.0358.